The molecule has 0 saturated heterocycles. The predicted octanol–water partition coefficient (Wildman–Crippen LogP) is 9.19. The van der Waals surface area contributed by atoms with E-state index < -0.39 is 0 Å². The number of hydrogen-bond acceptors (Lipinski definition) is 6. The van der Waals surface area contributed by atoms with Gasteiger partial charge in [0, 0.05) is 26.6 Å². The van der Waals surface area contributed by atoms with Gasteiger partial charge in [-0.15, -0.1) is 43.6 Å². The second-order valence-corrected chi connectivity index (χ2v) is 11.4. The molecule has 0 fully saturated rings. The number of aryl methyl sites for hydroxylation is 1. The highest BCUT2D eigenvalue weighted by molar-refractivity contribution is 9.11. The molecule has 0 aliphatic carbocycles. The highest BCUT2D eigenvalue weighted by Crippen LogP contribution is 2.53. The molecule has 0 aromatic carbocycles. The van der Waals surface area contributed by atoms with Gasteiger partial charge in [-0.05, 0) is 53.0 Å². The zero-order chi connectivity index (χ0) is 17.2. The lowest BCUT2D eigenvalue weighted by molar-refractivity contribution is 0.670. The third kappa shape index (κ3) is 3.95. The molecule has 7 heteroatoms. The van der Waals surface area contributed by atoms with Crippen LogP contribution in [0.5, 0.6) is 0 Å². The maximum absolute atomic E-state index is 4.33. The van der Waals surface area contributed by atoms with Gasteiger partial charge in [0.1, 0.15) is 5.69 Å². The van der Waals surface area contributed by atoms with Crippen LogP contribution >= 0.6 is 61.9 Å². The number of fused-ring (bicyclic) bond motifs is 3. The second kappa shape index (κ2) is 8.05. The van der Waals surface area contributed by atoms with E-state index in [9.17, 15) is 0 Å². The minimum Gasteiger partial charge on any atom is -0.142 e. The maximum atomic E-state index is 4.33. The van der Waals surface area contributed by atoms with Crippen molar-refractivity contribution in [3.63, 3.8) is 0 Å². The van der Waals surface area contributed by atoms with Crippen molar-refractivity contribution >= 4 is 67.6 Å². The van der Waals surface area contributed by atoms with E-state index in [1.807, 2.05) is 22.7 Å². The topological polar surface area (TPSA) is 24.7 Å². The van der Waals surface area contributed by atoms with Crippen molar-refractivity contribution in [1.29, 1.82) is 0 Å². The van der Waals surface area contributed by atoms with E-state index in [4.69, 9.17) is 0 Å². The summed E-state index contributed by atoms with van der Waals surface area (Å²) in [5.74, 6) is 0. The number of unbranched alkanes of at least 4 members (excludes halogenated alkanes) is 3. The predicted molar refractivity (Wildman–Crippen MR) is 117 cm³/mol. The average Bonchev–Trinajstić information content (AvgIpc) is 3.29. The molecule has 0 atom stereocenters. The molecule has 3 aromatic rings. The van der Waals surface area contributed by atoms with Gasteiger partial charge in [-0.1, -0.05) is 26.2 Å². The molecule has 0 radical (unpaired) electrons. The molecule has 4 rings (SSSR count). The molecule has 130 valence electrons. The first-order chi connectivity index (χ1) is 12.2. The van der Waals surface area contributed by atoms with E-state index in [-0.39, 0.29) is 0 Å². The number of thiophene rings is 3. The van der Waals surface area contributed by atoms with Crippen molar-refractivity contribution < 1.29 is 0 Å². The molecular formula is C18H17BrN2S4. The minimum atomic E-state index is 0.972. The van der Waals surface area contributed by atoms with Crippen molar-refractivity contribution in [3.05, 3.63) is 32.9 Å². The van der Waals surface area contributed by atoms with Crippen molar-refractivity contribution in [3.8, 4) is 19.5 Å². The third-order valence-corrected chi connectivity index (χ3v) is 9.13. The van der Waals surface area contributed by atoms with E-state index in [0.717, 1.165) is 9.47 Å². The van der Waals surface area contributed by atoms with E-state index in [1.165, 1.54) is 73.3 Å². The van der Waals surface area contributed by atoms with E-state index in [2.05, 4.69) is 56.8 Å². The van der Waals surface area contributed by atoms with E-state index >= 15 is 0 Å². The van der Waals surface area contributed by atoms with Gasteiger partial charge in [-0.2, -0.15) is 0 Å². The van der Waals surface area contributed by atoms with Gasteiger partial charge >= 0.3 is 0 Å². The molecule has 3 aromatic heterocycles. The summed E-state index contributed by atoms with van der Waals surface area (Å²) in [6.07, 6.45) is 6.50. The van der Waals surface area contributed by atoms with Crippen LogP contribution < -0.4 is 0 Å². The van der Waals surface area contributed by atoms with Crippen molar-refractivity contribution in [2.24, 2.45) is 9.63 Å². The van der Waals surface area contributed by atoms with Gasteiger partial charge in [0.05, 0.1) is 18.4 Å². The molecule has 2 nitrogen and oxygen atoms in total. The highest BCUT2D eigenvalue weighted by Gasteiger charge is 2.21. The van der Waals surface area contributed by atoms with E-state index in [0.29, 0.717) is 0 Å². The summed E-state index contributed by atoms with van der Waals surface area (Å²) >= 11 is 10.6. The molecular weight excluding hydrogens is 452 g/mol. The molecule has 0 saturated carbocycles. The van der Waals surface area contributed by atoms with E-state index in [1.54, 1.807) is 11.3 Å². The number of halogens is 1. The van der Waals surface area contributed by atoms with Crippen LogP contribution in [0.1, 0.15) is 37.5 Å². The van der Waals surface area contributed by atoms with Crippen molar-refractivity contribution in [1.82, 2.24) is 0 Å². The van der Waals surface area contributed by atoms with Crippen molar-refractivity contribution in [2.45, 2.75) is 43.9 Å². The Morgan fingerprint density at radius 1 is 0.960 bits per heavy atom. The lowest BCUT2D eigenvalue weighted by Gasteiger charge is -1.96. The van der Waals surface area contributed by atoms with Crippen LogP contribution in [-0.4, -0.2) is 0 Å². The normalized spacial score (nSPS) is 12.9. The fourth-order valence-corrected chi connectivity index (χ4v) is 7.60. The SMILES string of the molecule is CCCCCCc1ccc(-c2cc3c(s2)-c2sc(Br)cc2N=NS3)s1. The monoisotopic (exact) mass is 468 g/mol. The summed E-state index contributed by atoms with van der Waals surface area (Å²) in [6.45, 7) is 2.26. The van der Waals surface area contributed by atoms with Gasteiger partial charge in [0.25, 0.3) is 0 Å². The molecule has 1 aliphatic rings. The van der Waals surface area contributed by atoms with Gasteiger partial charge in [-0.25, -0.2) is 0 Å². The van der Waals surface area contributed by atoms with Crippen LogP contribution in [-0.2, 0) is 6.42 Å². The first-order valence-corrected chi connectivity index (χ1v) is 12.4. The Morgan fingerprint density at radius 3 is 2.76 bits per heavy atom. The number of rotatable bonds is 6. The molecule has 0 amide bonds. The Morgan fingerprint density at radius 2 is 1.88 bits per heavy atom. The fourth-order valence-electron chi connectivity index (χ4n) is 2.79. The van der Waals surface area contributed by atoms with Crippen molar-refractivity contribution in [2.75, 3.05) is 0 Å². The highest BCUT2D eigenvalue weighted by atomic mass is 79.9. The summed E-state index contributed by atoms with van der Waals surface area (Å²) in [7, 11) is 0. The molecule has 25 heavy (non-hydrogen) atoms. The summed E-state index contributed by atoms with van der Waals surface area (Å²) < 4.78 is 5.38. The van der Waals surface area contributed by atoms with Crippen LogP contribution in [0.3, 0.4) is 0 Å². The number of nitrogens with zero attached hydrogens (tertiary/aromatic N) is 2. The lowest BCUT2D eigenvalue weighted by Crippen LogP contribution is -1.80. The molecule has 1 aliphatic heterocycles. The lowest BCUT2D eigenvalue weighted by atomic mass is 10.1. The van der Waals surface area contributed by atoms with Gasteiger partial charge < -0.3 is 0 Å². The Labute approximate surface area is 172 Å². The van der Waals surface area contributed by atoms with Gasteiger partial charge in [-0.3, -0.25) is 0 Å². The third-order valence-electron chi connectivity index (χ3n) is 4.06. The smallest absolute Gasteiger partial charge is 0.107 e. The van der Waals surface area contributed by atoms with Crippen LogP contribution in [0, 0.1) is 0 Å². The average molecular weight is 470 g/mol. The second-order valence-electron chi connectivity index (χ2n) is 5.92. The molecule has 0 bridgehead atoms. The van der Waals surface area contributed by atoms with Crippen LogP contribution in [0.25, 0.3) is 19.5 Å². The Balaban J connectivity index is 1.58. The summed E-state index contributed by atoms with van der Waals surface area (Å²) in [6, 6.07) is 8.91. The Kier molecular flexibility index (Phi) is 5.77. The summed E-state index contributed by atoms with van der Waals surface area (Å²) in [4.78, 5) is 7.96. The summed E-state index contributed by atoms with van der Waals surface area (Å²) in [5.41, 5.74) is 0.972. The fraction of sp³-hybridized carbons (Fsp3) is 0.333. The Hall–Kier alpha value is -0.470. The van der Waals surface area contributed by atoms with Gasteiger partial charge in [0.2, 0.25) is 0 Å². The Bertz CT molecular complexity index is 906. The maximum Gasteiger partial charge on any atom is 0.107 e. The first kappa shape index (κ1) is 17.9. The molecule has 4 heterocycles. The standard InChI is InChI=1S/C18H17BrN2S4/c1-2-3-4-5-6-11-7-8-13(22-11)14-10-15-18(23-14)17-12(20-21-25-15)9-16(19)24-17/h7-10H,2-6H2,1H3. The molecule has 0 unspecified atom stereocenters. The summed E-state index contributed by atoms with van der Waals surface area (Å²) in [5, 5.41) is 4.33. The molecule has 0 spiro atoms. The van der Waals surface area contributed by atoms with Crippen LogP contribution in [0.4, 0.5) is 5.69 Å². The van der Waals surface area contributed by atoms with Crippen LogP contribution in [0.2, 0.25) is 0 Å². The first-order valence-electron chi connectivity index (χ1n) is 8.35. The quantitative estimate of drug-likeness (QED) is 0.261. The largest absolute Gasteiger partial charge is 0.142 e. The van der Waals surface area contributed by atoms with Gasteiger partial charge in [0.15, 0.2) is 0 Å². The molecule has 0 N–H and O–H groups in total. The van der Waals surface area contributed by atoms with Crippen LogP contribution in [0.15, 0.2) is 42.6 Å². The number of hydrogen-bond donors (Lipinski definition) is 0. The minimum absolute atomic E-state index is 0.972. The zero-order valence-corrected chi connectivity index (χ0v) is 18.6. The zero-order valence-electron chi connectivity index (χ0n) is 13.8.